The number of hydrogen-bond donors (Lipinski definition) is 2. The van der Waals surface area contributed by atoms with Crippen molar-refractivity contribution < 1.29 is 5.11 Å². The molecule has 78 valence electrons. The Morgan fingerprint density at radius 3 is 2.85 bits per heavy atom. The molecule has 0 aromatic heterocycles. The number of nitrogens with zero attached hydrogens (tertiary/aromatic N) is 1. The van der Waals surface area contributed by atoms with Crippen LogP contribution in [0.5, 0.6) is 0 Å². The van der Waals surface area contributed by atoms with E-state index in [2.05, 4.69) is 24.1 Å². The monoisotopic (exact) mass is 186 g/mol. The summed E-state index contributed by atoms with van der Waals surface area (Å²) in [5.74, 6) is 0.527. The van der Waals surface area contributed by atoms with Gasteiger partial charge in [-0.05, 0) is 18.9 Å². The van der Waals surface area contributed by atoms with Crippen molar-refractivity contribution in [1.29, 1.82) is 0 Å². The fraction of sp³-hybridized carbons (Fsp3) is 1.00. The van der Waals surface area contributed by atoms with Gasteiger partial charge >= 0.3 is 0 Å². The van der Waals surface area contributed by atoms with E-state index >= 15 is 0 Å². The van der Waals surface area contributed by atoms with Crippen LogP contribution in [-0.4, -0.2) is 48.8 Å². The van der Waals surface area contributed by atoms with E-state index in [1.807, 2.05) is 0 Å². The van der Waals surface area contributed by atoms with E-state index in [0.29, 0.717) is 18.6 Å². The summed E-state index contributed by atoms with van der Waals surface area (Å²) in [4.78, 5) is 2.43. The van der Waals surface area contributed by atoms with Crippen molar-refractivity contribution in [3.63, 3.8) is 0 Å². The Morgan fingerprint density at radius 2 is 2.31 bits per heavy atom. The Labute approximate surface area is 81.1 Å². The minimum atomic E-state index is 0.355. The molecule has 13 heavy (non-hydrogen) atoms. The Bertz CT molecular complexity index is 139. The molecule has 0 spiro atoms. The lowest BCUT2D eigenvalue weighted by molar-refractivity contribution is 0.221. The first-order chi connectivity index (χ1) is 6.22. The molecule has 0 aromatic rings. The van der Waals surface area contributed by atoms with Gasteiger partial charge in [-0.15, -0.1) is 0 Å². The maximum Gasteiger partial charge on any atom is 0.0471 e. The maximum absolute atomic E-state index is 8.96. The van der Waals surface area contributed by atoms with Crippen molar-refractivity contribution in [2.24, 2.45) is 5.92 Å². The number of nitrogens with one attached hydrogen (secondary N) is 1. The highest BCUT2D eigenvalue weighted by atomic mass is 16.3. The number of likely N-dealkylation sites (tertiary alicyclic amines) is 1. The van der Waals surface area contributed by atoms with Crippen LogP contribution in [-0.2, 0) is 0 Å². The standard InChI is InChI=1S/C10H22N2O/c1-9(2)11-4-6-12-5-3-10(7-12)8-13/h9-11,13H,3-8H2,1-2H3. The second-order valence-electron chi connectivity index (χ2n) is 4.25. The average Bonchev–Trinajstić information content (AvgIpc) is 2.52. The van der Waals surface area contributed by atoms with Gasteiger partial charge in [0.2, 0.25) is 0 Å². The third-order valence-electron chi connectivity index (χ3n) is 2.61. The number of aliphatic hydroxyl groups is 1. The normalized spacial score (nSPS) is 24.5. The molecule has 1 aliphatic rings. The maximum atomic E-state index is 8.96. The highest BCUT2D eigenvalue weighted by Gasteiger charge is 2.20. The first kappa shape index (κ1) is 11.0. The zero-order chi connectivity index (χ0) is 9.68. The predicted octanol–water partition coefficient (Wildman–Crippen LogP) is 0.299. The molecular weight excluding hydrogens is 164 g/mol. The summed E-state index contributed by atoms with van der Waals surface area (Å²) in [7, 11) is 0. The SMILES string of the molecule is CC(C)NCCN1CCC(CO)C1. The molecule has 1 fully saturated rings. The molecule has 1 aliphatic heterocycles. The fourth-order valence-corrected chi connectivity index (χ4v) is 1.78. The van der Waals surface area contributed by atoms with E-state index in [1.165, 1.54) is 0 Å². The molecule has 1 rings (SSSR count). The zero-order valence-corrected chi connectivity index (χ0v) is 8.79. The van der Waals surface area contributed by atoms with Gasteiger partial charge in [0, 0.05) is 32.3 Å². The third kappa shape index (κ3) is 4.07. The van der Waals surface area contributed by atoms with Crippen LogP contribution in [0, 0.1) is 5.92 Å². The van der Waals surface area contributed by atoms with Gasteiger partial charge in [-0.25, -0.2) is 0 Å². The van der Waals surface area contributed by atoms with Crippen molar-refractivity contribution in [3.05, 3.63) is 0 Å². The molecule has 0 saturated carbocycles. The number of aliphatic hydroxyl groups excluding tert-OH is 1. The van der Waals surface area contributed by atoms with Crippen molar-refractivity contribution in [2.75, 3.05) is 32.8 Å². The molecule has 0 bridgehead atoms. The summed E-state index contributed by atoms with van der Waals surface area (Å²) in [6.07, 6.45) is 1.16. The Morgan fingerprint density at radius 1 is 1.54 bits per heavy atom. The van der Waals surface area contributed by atoms with E-state index in [4.69, 9.17) is 5.11 Å². The van der Waals surface area contributed by atoms with Gasteiger partial charge in [-0.1, -0.05) is 13.8 Å². The first-order valence-electron chi connectivity index (χ1n) is 5.29. The van der Waals surface area contributed by atoms with Gasteiger partial charge in [0.15, 0.2) is 0 Å². The molecule has 3 heteroatoms. The largest absolute Gasteiger partial charge is 0.396 e. The van der Waals surface area contributed by atoms with E-state index in [9.17, 15) is 0 Å². The number of rotatable bonds is 5. The van der Waals surface area contributed by atoms with Crippen LogP contribution in [0.1, 0.15) is 20.3 Å². The van der Waals surface area contributed by atoms with Crippen molar-refractivity contribution in [3.8, 4) is 0 Å². The topological polar surface area (TPSA) is 35.5 Å². The van der Waals surface area contributed by atoms with E-state index in [-0.39, 0.29) is 0 Å². The lowest BCUT2D eigenvalue weighted by Gasteiger charge is -2.16. The summed E-state index contributed by atoms with van der Waals surface area (Å²) in [6.45, 7) is 9.11. The molecule has 1 atom stereocenters. The molecule has 0 aliphatic carbocycles. The lowest BCUT2D eigenvalue weighted by Crippen LogP contribution is -2.33. The Hall–Kier alpha value is -0.120. The smallest absolute Gasteiger partial charge is 0.0471 e. The van der Waals surface area contributed by atoms with Crippen LogP contribution < -0.4 is 5.32 Å². The lowest BCUT2D eigenvalue weighted by atomic mass is 10.1. The minimum absolute atomic E-state index is 0.355. The molecule has 0 radical (unpaired) electrons. The molecule has 0 aromatic carbocycles. The predicted molar refractivity (Wildman–Crippen MR) is 54.8 cm³/mol. The highest BCUT2D eigenvalue weighted by molar-refractivity contribution is 4.75. The molecule has 0 amide bonds. The fourth-order valence-electron chi connectivity index (χ4n) is 1.78. The van der Waals surface area contributed by atoms with E-state index < -0.39 is 0 Å². The van der Waals surface area contributed by atoms with Crippen LogP contribution in [0.3, 0.4) is 0 Å². The average molecular weight is 186 g/mol. The molecule has 1 heterocycles. The quantitative estimate of drug-likeness (QED) is 0.648. The Kier molecular flexibility index (Phi) is 4.70. The molecule has 2 N–H and O–H groups in total. The summed E-state index contributed by atoms with van der Waals surface area (Å²) in [5, 5.41) is 12.4. The van der Waals surface area contributed by atoms with E-state index in [0.717, 1.165) is 32.6 Å². The number of hydrogen-bond acceptors (Lipinski definition) is 3. The van der Waals surface area contributed by atoms with Gasteiger partial charge in [0.1, 0.15) is 0 Å². The van der Waals surface area contributed by atoms with Gasteiger partial charge in [-0.2, -0.15) is 0 Å². The van der Waals surface area contributed by atoms with Gasteiger partial charge < -0.3 is 15.3 Å². The minimum Gasteiger partial charge on any atom is -0.396 e. The van der Waals surface area contributed by atoms with Crippen LogP contribution in [0.25, 0.3) is 0 Å². The second-order valence-corrected chi connectivity index (χ2v) is 4.25. The molecule has 1 saturated heterocycles. The molecule has 3 nitrogen and oxygen atoms in total. The van der Waals surface area contributed by atoms with Crippen LogP contribution >= 0.6 is 0 Å². The van der Waals surface area contributed by atoms with E-state index in [1.54, 1.807) is 0 Å². The van der Waals surface area contributed by atoms with Crippen molar-refractivity contribution in [1.82, 2.24) is 10.2 Å². The van der Waals surface area contributed by atoms with Gasteiger partial charge in [-0.3, -0.25) is 0 Å². The van der Waals surface area contributed by atoms with Crippen molar-refractivity contribution >= 4 is 0 Å². The summed E-state index contributed by atoms with van der Waals surface area (Å²) in [5.41, 5.74) is 0. The van der Waals surface area contributed by atoms with Crippen LogP contribution in [0.4, 0.5) is 0 Å². The second kappa shape index (κ2) is 5.58. The third-order valence-corrected chi connectivity index (χ3v) is 2.61. The van der Waals surface area contributed by atoms with Crippen LogP contribution in [0.2, 0.25) is 0 Å². The Balaban J connectivity index is 2.03. The first-order valence-corrected chi connectivity index (χ1v) is 5.29. The summed E-state index contributed by atoms with van der Waals surface area (Å²) >= 11 is 0. The summed E-state index contributed by atoms with van der Waals surface area (Å²) < 4.78 is 0. The molecule has 1 unspecified atom stereocenters. The highest BCUT2D eigenvalue weighted by Crippen LogP contribution is 2.14. The summed E-state index contributed by atoms with van der Waals surface area (Å²) in [6, 6.07) is 0.580. The molecular formula is C10H22N2O. The van der Waals surface area contributed by atoms with Gasteiger partial charge in [0.25, 0.3) is 0 Å². The van der Waals surface area contributed by atoms with Crippen LogP contribution in [0.15, 0.2) is 0 Å². The zero-order valence-electron chi connectivity index (χ0n) is 8.79. The van der Waals surface area contributed by atoms with Gasteiger partial charge in [0.05, 0.1) is 0 Å². The van der Waals surface area contributed by atoms with Crippen molar-refractivity contribution in [2.45, 2.75) is 26.3 Å².